The van der Waals surface area contributed by atoms with Gasteiger partial charge in [0.15, 0.2) is 11.5 Å². The molecule has 0 aliphatic heterocycles. The third-order valence-corrected chi connectivity index (χ3v) is 10.2. The Morgan fingerprint density at radius 1 is 0.860 bits per heavy atom. The molecule has 13 heteroatoms. The van der Waals surface area contributed by atoms with E-state index in [1.165, 1.54) is 80.8 Å². The van der Waals surface area contributed by atoms with Crippen molar-refractivity contribution in [3.63, 3.8) is 0 Å². The number of nitrogens with one attached hydrogen (secondary N) is 1. The van der Waals surface area contributed by atoms with Crippen LogP contribution < -0.4 is 23.8 Å². The molecular weight excluding hydrogens is 685 g/mol. The molecular formula is C37H41ClFN3O7S. The fourth-order valence-electron chi connectivity index (χ4n) is 5.28. The van der Waals surface area contributed by atoms with Crippen LogP contribution in [0.15, 0.2) is 95.9 Å². The summed E-state index contributed by atoms with van der Waals surface area (Å²) in [4.78, 5) is 29.7. The molecule has 0 aliphatic rings. The molecule has 0 aliphatic carbocycles. The second-order valence-corrected chi connectivity index (χ2v) is 13.8. The average Bonchev–Trinajstić information content (AvgIpc) is 3.12. The summed E-state index contributed by atoms with van der Waals surface area (Å²) in [5.74, 6) is -1.29. The number of halogens is 2. The van der Waals surface area contributed by atoms with Gasteiger partial charge in [0, 0.05) is 35.7 Å². The van der Waals surface area contributed by atoms with Gasteiger partial charge >= 0.3 is 0 Å². The van der Waals surface area contributed by atoms with Gasteiger partial charge in [0.2, 0.25) is 11.8 Å². The maximum atomic E-state index is 15.2. The fraction of sp³-hybridized carbons (Fsp3) is 0.297. The van der Waals surface area contributed by atoms with Crippen molar-refractivity contribution < 1.29 is 36.6 Å². The minimum atomic E-state index is -4.56. The summed E-state index contributed by atoms with van der Waals surface area (Å²) >= 11 is 6.37. The molecule has 4 aromatic carbocycles. The maximum Gasteiger partial charge on any atom is 0.265 e. The van der Waals surface area contributed by atoms with Crippen molar-refractivity contribution >= 4 is 39.1 Å². The molecule has 10 nitrogen and oxygen atoms in total. The number of nitrogens with zero attached hydrogens (tertiary/aromatic N) is 2. The molecule has 2 amide bonds. The van der Waals surface area contributed by atoms with Gasteiger partial charge in [-0.2, -0.15) is 0 Å². The topological polar surface area (TPSA) is 114 Å². The van der Waals surface area contributed by atoms with Crippen LogP contribution in [0.2, 0.25) is 5.02 Å². The average molecular weight is 726 g/mol. The summed E-state index contributed by atoms with van der Waals surface area (Å²) in [6.45, 7) is 2.62. The number of sulfonamides is 1. The number of benzene rings is 4. The van der Waals surface area contributed by atoms with E-state index in [1.54, 1.807) is 6.07 Å². The Morgan fingerprint density at radius 2 is 1.50 bits per heavy atom. The van der Waals surface area contributed by atoms with Gasteiger partial charge in [-0.3, -0.25) is 13.9 Å². The molecule has 0 fully saturated rings. The number of anilines is 1. The highest BCUT2D eigenvalue weighted by Crippen LogP contribution is 2.37. The van der Waals surface area contributed by atoms with Gasteiger partial charge < -0.3 is 24.4 Å². The largest absolute Gasteiger partial charge is 0.495 e. The minimum absolute atomic E-state index is 0.0300. The number of rotatable bonds is 16. The Balaban J connectivity index is 1.89. The van der Waals surface area contributed by atoms with Crippen LogP contribution in [0.25, 0.3) is 0 Å². The Bertz CT molecular complexity index is 1900. The second kappa shape index (κ2) is 17.2. The first-order chi connectivity index (χ1) is 23.9. The van der Waals surface area contributed by atoms with Gasteiger partial charge in [-0.15, -0.1) is 0 Å². The highest BCUT2D eigenvalue weighted by Gasteiger charge is 2.36. The van der Waals surface area contributed by atoms with E-state index in [-0.39, 0.29) is 51.7 Å². The molecule has 266 valence electrons. The van der Waals surface area contributed by atoms with Crippen LogP contribution >= 0.6 is 11.6 Å². The molecule has 0 heterocycles. The van der Waals surface area contributed by atoms with Crippen LogP contribution in [0.4, 0.5) is 10.1 Å². The molecule has 1 N–H and O–H groups in total. The zero-order chi connectivity index (χ0) is 36.4. The molecule has 0 spiro atoms. The lowest BCUT2D eigenvalue weighted by Crippen LogP contribution is -2.54. The molecule has 50 heavy (non-hydrogen) atoms. The third-order valence-electron chi connectivity index (χ3n) is 8.20. The van der Waals surface area contributed by atoms with Crippen LogP contribution in [-0.2, 0) is 32.6 Å². The van der Waals surface area contributed by atoms with E-state index in [4.69, 9.17) is 25.8 Å². The third kappa shape index (κ3) is 9.05. The molecule has 0 saturated carbocycles. The predicted octanol–water partition coefficient (Wildman–Crippen LogP) is 6.26. The van der Waals surface area contributed by atoms with Crippen molar-refractivity contribution in [2.75, 3.05) is 32.2 Å². The quantitative estimate of drug-likeness (QED) is 0.145. The summed E-state index contributed by atoms with van der Waals surface area (Å²) in [5, 5.41) is 3.13. The molecule has 4 aromatic rings. The number of methoxy groups -OCH3 is 3. The van der Waals surface area contributed by atoms with E-state index in [9.17, 15) is 18.0 Å². The van der Waals surface area contributed by atoms with E-state index >= 15 is 4.39 Å². The number of carbonyl (C=O) groups is 2. The van der Waals surface area contributed by atoms with Crippen molar-refractivity contribution in [3.05, 3.63) is 113 Å². The van der Waals surface area contributed by atoms with Gasteiger partial charge in [0.25, 0.3) is 10.0 Å². The van der Waals surface area contributed by atoms with Gasteiger partial charge in [0.1, 0.15) is 24.2 Å². The first-order valence-electron chi connectivity index (χ1n) is 15.9. The van der Waals surface area contributed by atoms with E-state index in [2.05, 4.69) is 5.32 Å². The highest BCUT2D eigenvalue weighted by molar-refractivity contribution is 7.92. The number of hydrogen-bond donors (Lipinski definition) is 1. The van der Waals surface area contributed by atoms with Crippen LogP contribution in [0, 0.1) is 5.82 Å². The monoisotopic (exact) mass is 725 g/mol. The molecule has 0 saturated heterocycles. The Morgan fingerprint density at radius 3 is 2.14 bits per heavy atom. The van der Waals surface area contributed by atoms with Crippen molar-refractivity contribution in [3.8, 4) is 17.2 Å². The van der Waals surface area contributed by atoms with E-state index in [1.807, 2.05) is 44.2 Å². The Labute approximate surface area is 297 Å². The normalized spacial score (nSPS) is 12.4. The first kappa shape index (κ1) is 38.0. The van der Waals surface area contributed by atoms with E-state index in [0.29, 0.717) is 12.2 Å². The van der Waals surface area contributed by atoms with Crippen molar-refractivity contribution in [2.24, 2.45) is 0 Å². The molecule has 0 aromatic heterocycles. The molecule has 0 bridgehead atoms. The minimum Gasteiger partial charge on any atom is -0.495 e. The number of carbonyl (C=O) groups excluding carboxylic acids is 2. The lowest BCUT2D eigenvalue weighted by atomic mass is 10.0. The van der Waals surface area contributed by atoms with Gasteiger partial charge in [0.05, 0.1) is 31.9 Å². The zero-order valence-electron chi connectivity index (χ0n) is 28.6. The number of amides is 2. The van der Waals surface area contributed by atoms with Gasteiger partial charge in [-0.05, 0) is 55.3 Å². The van der Waals surface area contributed by atoms with Crippen LogP contribution in [0.5, 0.6) is 17.2 Å². The fourth-order valence-corrected chi connectivity index (χ4v) is 6.88. The Hall–Kier alpha value is -4.81. The summed E-state index contributed by atoms with van der Waals surface area (Å²) in [7, 11) is -0.418. The van der Waals surface area contributed by atoms with Gasteiger partial charge in [-0.25, -0.2) is 12.8 Å². The zero-order valence-corrected chi connectivity index (χ0v) is 30.1. The summed E-state index contributed by atoms with van der Waals surface area (Å²) in [6, 6.07) is 22.0. The van der Waals surface area contributed by atoms with E-state index < -0.39 is 40.2 Å². The summed E-state index contributed by atoms with van der Waals surface area (Å²) in [6.07, 6.45) is 0.698. The van der Waals surface area contributed by atoms with Crippen molar-refractivity contribution in [1.29, 1.82) is 0 Å². The van der Waals surface area contributed by atoms with Crippen LogP contribution in [0.3, 0.4) is 0 Å². The van der Waals surface area contributed by atoms with Crippen molar-refractivity contribution in [1.82, 2.24) is 10.2 Å². The maximum absolute atomic E-state index is 15.2. The smallest absolute Gasteiger partial charge is 0.265 e. The van der Waals surface area contributed by atoms with Crippen LogP contribution in [0.1, 0.15) is 31.4 Å². The lowest BCUT2D eigenvalue weighted by molar-refractivity contribution is -0.140. The van der Waals surface area contributed by atoms with Crippen LogP contribution in [-0.4, -0.2) is 65.1 Å². The lowest BCUT2D eigenvalue weighted by Gasteiger charge is -2.34. The standard InChI is InChI=1S/C37H41ClFN3O7S/c1-6-25(2)40-37(44)32(20-26-12-8-7-9-13-26)41(23-27-14-10-11-15-30(27)39)36(43)24-42(31-21-28(38)16-18-33(31)47-3)50(45,46)29-17-19-34(48-4)35(22-29)49-5/h7-19,21-22,25,32H,6,20,23-24H2,1-5H3,(H,40,44)/t25-,32+/m1/s1. The highest BCUT2D eigenvalue weighted by atomic mass is 35.5. The van der Waals surface area contributed by atoms with Gasteiger partial charge in [-0.1, -0.05) is 67.1 Å². The number of hydrogen-bond acceptors (Lipinski definition) is 7. The van der Waals surface area contributed by atoms with E-state index in [0.717, 1.165) is 9.87 Å². The summed E-state index contributed by atoms with van der Waals surface area (Å²) < 4.78 is 61.3. The summed E-state index contributed by atoms with van der Waals surface area (Å²) in [5.41, 5.74) is 0.858. The second-order valence-electron chi connectivity index (χ2n) is 11.5. The van der Waals surface area contributed by atoms with Crippen molar-refractivity contribution in [2.45, 2.75) is 50.2 Å². The molecule has 0 unspecified atom stereocenters. The molecule has 4 rings (SSSR count). The number of ether oxygens (including phenoxy) is 3. The predicted molar refractivity (Wildman–Crippen MR) is 191 cm³/mol. The molecule has 0 radical (unpaired) electrons. The molecule has 2 atom stereocenters. The SMILES string of the molecule is CC[C@@H](C)NC(=O)[C@H](Cc1ccccc1)N(Cc1ccccc1F)C(=O)CN(c1cc(Cl)ccc1OC)S(=O)(=O)c1ccc(OC)c(OC)c1. The first-order valence-corrected chi connectivity index (χ1v) is 17.7. The Kier molecular flexibility index (Phi) is 13.1.